The Labute approximate surface area is 194 Å². The van der Waals surface area contributed by atoms with E-state index in [-0.39, 0.29) is 12.5 Å². The zero-order valence-electron chi connectivity index (χ0n) is 17.2. The highest BCUT2D eigenvalue weighted by atomic mass is 79.9. The van der Waals surface area contributed by atoms with Gasteiger partial charge in [0.1, 0.15) is 5.75 Å². The predicted octanol–water partition coefficient (Wildman–Crippen LogP) is 5.37. The molecule has 4 aromatic rings. The SMILES string of the molecule is Cc1ccc(NC(=O)COc2cccc(Br)c2)cc1Nc1nccc(-c2cccnc2)n1. The summed E-state index contributed by atoms with van der Waals surface area (Å²) in [5.41, 5.74) is 4.09. The molecule has 4 rings (SSSR count). The lowest BCUT2D eigenvalue weighted by Crippen LogP contribution is -2.20. The number of aromatic nitrogens is 3. The van der Waals surface area contributed by atoms with Crippen LogP contribution in [0.15, 0.2) is 83.7 Å². The Balaban J connectivity index is 1.43. The fourth-order valence-corrected chi connectivity index (χ4v) is 3.33. The van der Waals surface area contributed by atoms with Crippen LogP contribution in [0.4, 0.5) is 17.3 Å². The average Bonchev–Trinajstić information content (AvgIpc) is 2.81. The van der Waals surface area contributed by atoms with Crippen LogP contribution in [0.2, 0.25) is 0 Å². The number of pyridine rings is 1. The molecule has 1 amide bonds. The molecular formula is C24H20BrN5O2. The monoisotopic (exact) mass is 489 g/mol. The Bertz CT molecular complexity index is 1230. The minimum atomic E-state index is -0.255. The fraction of sp³-hybridized carbons (Fsp3) is 0.0833. The van der Waals surface area contributed by atoms with E-state index in [1.807, 2.05) is 55.5 Å². The van der Waals surface area contributed by atoms with Crippen molar-refractivity contribution in [1.82, 2.24) is 15.0 Å². The van der Waals surface area contributed by atoms with Gasteiger partial charge in [-0.05, 0) is 61.0 Å². The van der Waals surface area contributed by atoms with E-state index < -0.39 is 0 Å². The number of hydrogen-bond donors (Lipinski definition) is 2. The molecule has 0 unspecified atom stereocenters. The van der Waals surface area contributed by atoms with Gasteiger partial charge in [-0.1, -0.05) is 28.1 Å². The highest BCUT2D eigenvalue weighted by Gasteiger charge is 2.08. The molecule has 0 radical (unpaired) electrons. The van der Waals surface area contributed by atoms with Gasteiger partial charge < -0.3 is 15.4 Å². The molecule has 2 N–H and O–H groups in total. The smallest absolute Gasteiger partial charge is 0.262 e. The van der Waals surface area contributed by atoms with Gasteiger partial charge >= 0.3 is 0 Å². The summed E-state index contributed by atoms with van der Waals surface area (Å²) in [7, 11) is 0. The molecule has 7 nitrogen and oxygen atoms in total. The summed E-state index contributed by atoms with van der Waals surface area (Å²) >= 11 is 3.38. The maximum absolute atomic E-state index is 12.3. The molecule has 32 heavy (non-hydrogen) atoms. The summed E-state index contributed by atoms with van der Waals surface area (Å²) in [5, 5.41) is 6.08. The zero-order chi connectivity index (χ0) is 22.3. The summed E-state index contributed by atoms with van der Waals surface area (Å²) < 4.78 is 6.43. The second-order valence-electron chi connectivity index (χ2n) is 6.96. The van der Waals surface area contributed by atoms with E-state index in [0.29, 0.717) is 17.4 Å². The van der Waals surface area contributed by atoms with Crippen molar-refractivity contribution >= 4 is 39.2 Å². The number of ether oxygens (including phenoxy) is 1. The molecule has 8 heteroatoms. The molecule has 0 aliphatic heterocycles. The van der Waals surface area contributed by atoms with E-state index in [2.05, 4.69) is 41.5 Å². The van der Waals surface area contributed by atoms with Crippen molar-refractivity contribution in [2.75, 3.05) is 17.2 Å². The number of anilines is 3. The van der Waals surface area contributed by atoms with Gasteiger partial charge in [-0.3, -0.25) is 9.78 Å². The zero-order valence-corrected chi connectivity index (χ0v) is 18.8. The highest BCUT2D eigenvalue weighted by Crippen LogP contribution is 2.24. The van der Waals surface area contributed by atoms with Gasteiger partial charge in [-0.15, -0.1) is 0 Å². The first kappa shape index (κ1) is 21.5. The van der Waals surface area contributed by atoms with Crippen molar-refractivity contribution in [3.05, 3.63) is 89.3 Å². The molecule has 160 valence electrons. The molecule has 0 aliphatic carbocycles. The van der Waals surface area contributed by atoms with Crippen molar-refractivity contribution < 1.29 is 9.53 Å². The number of nitrogens with one attached hydrogen (secondary N) is 2. The van der Waals surface area contributed by atoms with Crippen LogP contribution in [0, 0.1) is 6.92 Å². The molecule has 0 saturated heterocycles. The maximum atomic E-state index is 12.3. The Morgan fingerprint density at radius 1 is 1.06 bits per heavy atom. The topological polar surface area (TPSA) is 89.0 Å². The van der Waals surface area contributed by atoms with E-state index in [4.69, 9.17) is 4.74 Å². The number of nitrogens with zero attached hydrogens (tertiary/aromatic N) is 3. The lowest BCUT2D eigenvalue weighted by Gasteiger charge is -2.12. The van der Waals surface area contributed by atoms with E-state index in [1.54, 1.807) is 30.7 Å². The quantitative estimate of drug-likeness (QED) is 0.362. The van der Waals surface area contributed by atoms with Crippen LogP contribution in [0.5, 0.6) is 5.75 Å². The predicted molar refractivity (Wildman–Crippen MR) is 128 cm³/mol. The second kappa shape index (κ2) is 10.0. The number of amides is 1. The van der Waals surface area contributed by atoms with Crippen molar-refractivity contribution in [3.63, 3.8) is 0 Å². The third-order valence-electron chi connectivity index (χ3n) is 4.55. The van der Waals surface area contributed by atoms with Gasteiger partial charge in [0.25, 0.3) is 5.91 Å². The Hall–Kier alpha value is -3.78. The van der Waals surface area contributed by atoms with Crippen LogP contribution < -0.4 is 15.4 Å². The number of rotatable bonds is 7. The minimum Gasteiger partial charge on any atom is -0.484 e. The van der Waals surface area contributed by atoms with Gasteiger partial charge in [-0.25, -0.2) is 9.97 Å². The van der Waals surface area contributed by atoms with E-state index in [0.717, 1.165) is 27.0 Å². The van der Waals surface area contributed by atoms with E-state index in [1.165, 1.54) is 0 Å². The molecule has 2 heterocycles. The molecule has 0 saturated carbocycles. The summed E-state index contributed by atoms with van der Waals surface area (Å²) in [6.07, 6.45) is 5.17. The molecule has 0 aliphatic rings. The number of aryl methyl sites for hydroxylation is 1. The van der Waals surface area contributed by atoms with Gasteiger partial charge in [-0.2, -0.15) is 0 Å². The highest BCUT2D eigenvalue weighted by molar-refractivity contribution is 9.10. The first-order valence-electron chi connectivity index (χ1n) is 9.86. The maximum Gasteiger partial charge on any atom is 0.262 e. The lowest BCUT2D eigenvalue weighted by molar-refractivity contribution is -0.118. The van der Waals surface area contributed by atoms with Crippen LogP contribution in [0.25, 0.3) is 11.3 Å². The van der Waals surface area contributed by atoms with E-state index >= 15 is 0 Å². The summed E-state index contributed by atoms with van der Waals surface area (Å²) in [5.74, 6) is 0.817. The number of halogens is 1. The number of benzene rings is 2. The van der Waals surface area contributed by atoms with Gasteiger partial charge in [0.15, 0.2) is 6.61 Å². The fourth-order valence-electron chi connectivity index (χ4n) is 2.95. The van der Waals surface area contributed by atoms with Crippen LogP contribution in [0.3, 0.4) is 0 Å². The number of hydrogen-bond acceptors (Lipinski definition) is 6. The van der Waals surface area contributed by atoms with Crippen LogP contribution >= 0.6 is 15.9 Å². The Morgan fingerprint density at radius 2 is 1.97 bits per heavy atom. The standard InChI is InChI=1S/C24H20BrN5O2/c1-16-7-8-19(28-23(31)15-32-20-6-2-5-18(25)12-20)13-22(16)30-24-27-11-9-21(29-24)17-4-3-10-26-14-17/h2-14H,15H2,1H3,(H,28,31)(H,27,29,30). The van der Waals surface area contributed by atoms with Crippen LogP contribution in [0.1, 0.15) is 5.56 Å². The second-order valence-corrected chi connectivity index (χ2v) is 7.87. The summed E-state index contributed by atoms with van der Waals surface area (Å²) in [6, 6.07) is 18.6. The van der Waals surface area contributed by atoms with Crippen molar-refractivity contribution in [3.8, 4) is 17.0 Å². The van der Waals surface area contributed by atoms with Gasteiger partial charge in [0.2, 0.25) is 5.95 Å². The molecule has 0 spiro atoms. The first-order chi connectivity index (χ1) is 15.6. The molecule has 2 aromatic carbocycles. The van der Waals surface area contributed by atoms with Crippen LogP contribution in [-0.2, 0) is 4.79 Å². The van der Waals surface area contributed by atoms with Gasteiger partial charge in [0, 0.05) is 40.0 Å². The third-order valence-corrected chi connectivity index (χ3v) is 5.04. The van der Waals surface area contributed by atoms with Crippen molar-refractivity contribution in [2.45, 2.75) is 6.92 Å². The Kier molecular flexibility index (Phi) is 6.72. The lowest BCUT2D eigenvalue weighted by atomic mass is 10.1. The average molecular weight is 490 g/mol. The molecule has 0 bridgehead atoms. The number of carbonyl (C=O) groups is 1. The molecule has 0 fully saturated rings. The molecule has 0 atom stereocenters. The van der Waals surface area contributed by atoms with Crippen LogP contribution in [-0.4, -0.2) is 27.5 Å². The number of carbonyl (C=O) groups excluding carboxylic acids is 1. The van der Waals surface area contributed by atoms with Crippen molar-refractivity contribution in [2.24, 2.45) is 0 Å². The molecule has 2 aromatic heterocycles. The summed E-state index contributed by atoms with van der Waals surface area (Å²) in [4.78, 5) is 25.3. The van der Waals surface area contributed by atoms with Gasteiger partial charge in [0.05, 0.1) is 5.69 Å². The largest absolute Gasteiger partial charge is 0.484 e. The third kappa shape index (κ3) is 5.67. The Morgan fingerprint density at radius 3 is 2.78 bits per heavy atom. The molecular weight excluding hydrogens is 470 g/mol. The van der Waals surface area contributed by atoms with Crippen molar-refractivity contribution in [1.29, 1.82) is 0 Å². The van der Waals surface area contributed by atoms with E-state index in [9.17, 15) is 4.79 Å². The minimum absolute atomic E-state index is 0.0939. The summed E-state index contributed by atoms with van der Waals surface area (Å²) in [6.45, 7) is 1.87. The normalized spacial score (nSPS) is 10.4. The first-order valence-corrected chi connectivity index (χ1v) is 10.7.